The number of pyridine rings is 1. The average Bonchev–Trinajstić information content (AvgIpc) is 2.47. The molecule has 1 saturated heterocycles. The smallest absolute Gasteiger partial charge is 0.0878 e. The van der Waals surface area contributed by atoms with E-state index in [4.69, 9.17) is 9.47 Å². The largest absolute Gasteiger partial charge is 0.381 e. The minimum absolute atomic E-state index is 0.151. The number of likely N-dealkylation sites (N-methyl/N-ethyl adjacent to an activating group) is 1. The number of aromatic nitrogens is 1. The molecule has 1 unspecified atom stereocenters. The molecule has 19 heavy (non-hydrogen) atoms. The molecule has 4 nitrogen and oxygen atoms in total. The van der Waals surface area contributed by atoms with Crippen molar-refractivity contribution in [3.8, 4) is 0 Å². The van der Waals surface area contributed by atoms with Gasteiger partial charge in [-0.05, 0) is 35.1 Å². The van der Waals surface area contributed by atoms with Crippen LogP contribution in [-0.4, -0.2) is 44.0 Å². The maximum Gasteiger partial charge on any atom is 0.0878 e. The Labute approximate surface area is 123 Å². The Morgan fingerprint density at radius 1 is 1.47 bits per heavy atom. The topological polar surface area (TPSA) is 43.4 Å². The predicted molar refractivity (Wildman–Crippen MR) is 78.3 cm³/mol. The molecule has 1 atom stereocenters. The normalized spacial score (nSPS) is 20.2. The zero-order valence-corrected chi connectivity index (χ0v) is 13.1. The van der Waals surface area contributed by atoms with E-state index in [9.17, 15) is 0 Å². The quantitative estimate of drug-likeness (QED) is 0.899. The Morgan fingerprint density at radius 3 is 2.74 bits per heavy atom. The van der Waals surface area contributed by atoms with Crippen molar-refractivity contribution >= 4 is 15.9 Å². The monoisotopic (exact) mass is 328 g/mol. The number of hydrogen-bond acceptors (Lipinski definition) is 4. The molecule has 0 spiro atoms. The molecule has 2 heterocycles. The van der Waals surface area contributed by atoms with Crippen LogP contribution in [-0.2, 0) is 15.9 Å². The van der Waals surface area contributed by atoms with Crippen molar-refractivity contribution in [3.05, 3.63) is 28.5 Å². The Balaban J connectivity index is 2.11. The van der Waals surface area contributed by atoms with Gasteiger partial charge in [-0.2, -0.15) is 0 Å². The van der Waals surface area contributed by atoms with Crippen LogP contribution in [0.5, 0.6) is 0 Å². The van der Waals surface area contributed by atoms with Gasteiger partial charge in [-0.15, -0.1) is 0 Å². The number of nitrogens with one attached hydrogen (secondary N) is 1. The van der Waals surface area contributed by atoms with E-state index in [0.717, 1.165) is 42.6 Å². The van der Waals surface area contributed by atoms with Gasteiger partial charge in [0.1, 0.15) is 0 Å². The Morgan fingerprint density at radius 2 is 2.21 bits per heavy atom. The molecule has 1 aliphatic heterocycles. The fourth-order valence-corrected chi connectivity index (χ4v) is 2.93. The highest BCUT2D eigenvalue weighted by Crippen LogP contribution is 2.29. The highest BCUT2D eigenvalue weighted by molar-refractivity contribution is 9.10. The standard InChI is InChI=1S/C14H21BrN2O2/c1-16-13(9-12-4-3-11(15)10-17-12)14(18-2)5-7-19-8-6-14/h3-4,10,13,16H,5-9H2,1-2H3. The highest BCUT2D eigenvalue weighted by atomic mass is 79.9. The van der Waals surface area contributed by atoms with E-state index in [0.29, 0.717) is 0 Å². The van der Waals surface area contributed by atoms with Gasteiger partial charge in [0.25, 0.3) is 0 Å². The molecule has 1 N–H and O–H groups in total. The number of nitrogens with zero attached hydrogens (tertiary/aromatic N) is 1. The maximum absolute atomic E-state index is 5.85. The lowest BCUT2D eigenvalue weighted by Crippen LogP contribution is -2.55. The van der Waals surface area contributed by atoms with Gasteiger partial charge >= 0.3 is 0 Å². The summed E-state index contributed by atoms with van der Waals surface area (Å²) >= 11 is 3.41. The van der Waals surface area contributed by atoms with Gasteiger partial charge in [0, 0.05) is 62.0 Å². The zero-order valence-electron chi connectivity index (χ0n) is 11.5. The summed E-state index contributed by atoms with van der Waals surface area (Å²) in [5.41, 5.74) is 0.923. The first-order valence-corrected chi connectivity index (χ1v) is 7.40. The molecule has 0 radical (unpaired) electrons. The lowest BCUT2D eigenvalue weighted by atomic mass is 9.83. The van der Waals surface area contributed by atoms with Crippen LogP contribution in [0.1, 0.15) is 18.5 Å². The van der Waals surface area contributed by atoms with Gasteiger partial charge < -0.3 is 14.8 Å². The van der Waals surface area contributed by atoms with E-state index in [-0.39, 0.29) is 11.6 Å². The molecule has 106 valence electrons. The highest BCUT2D eigenvalue weighted by Gasteiger charge is 2.40. The van der Waals surface area contributed by atoms with E-state index in [1.54, 1.807) is 7.11 Å². The van der Waals surface area contributed by atoms with E-state index in [1.165, 1.54) is 0 Å². The van der Waals surface area contributed by atoms with Crippen LogP contribution in [0.2, 0.25) is 0 Å². The molecule has 0 amide bonds. The second kappa shape index (κ2) is 6.79. The van der Waals surface area contributed by atoms with Crippen molar-refractivity contribution in [1.82, 2.24) is 10.3 Å². The number of halogens is 1. The predicted octanol–water partition coefficient (Wildman–Crippen LogP) is 2.17. The summed E-state index contributed by atoms with van der Waals surface area (Å²) in [4.78, 5) is 4.45. The van der Waals surface area contributed by atoms with Crippen molar-refractivity contribution in [2.45, 2.75) is 30.9 Å². The number of ether oxygens (including phenoxy) is 2. The van der Waals surface area contributed by atoms with Crippen molar-refractivity contribution in [2.24, 2.45) is 0 Å². The molecule has 0 aliphatic carbocycles. The lowest BCUT2D eigenvalue weighted by Gasteiger charge is -2.42. The van der Waals surface area contributed by atoms with Gasteiger partial charge in [-0.3, -0.25) is 4.98 Å². The molecule has 0 bridgehead atoms. The van der Waals surface area contributed by atoms with Crippen molar-refractivity contribution in [3.63, 3.8) is 0 Å². The number of rotatable bonds is 5. The summed E-state index contributed by atoms with van der Waals surface area (Å²) in [6, 6.07) is 4.32. The van der Waals surface area contributed by atoms with Gasteiger partial charge in [0.2, 0.25) is 0 Å². The van der Waals surface area contributed by atoms with Crippen LogP contribution >= 0.6 is 15.9 Å². The third-order valence-corrected chi connectivity index (χ3v) is 4.40. The van der Waals surface area contributed by atoms with Crippen molar-refractivity contribution < 1.29 is 9.47 Å². The molecule has 1 fully saturated rings. The first kappa shape index (κ1) is 14.9. The van der Waals surface area contributed by atoms with Gasteiger partial charge in [-0.25, -0.2) is 0 Å². The van der Waals surface area contributed by atoms with Crippen LogP contribution in [0.4, 0.5) is 0 Å². The maximum atomic E-state index is 5.85. The second-order valence-corrected chi connectivity index (χ2v) is 5.81. The summed E-state index contributed by atoms with van der Waals surface area (Å²) in [5.74, 6) is 0. The molecule has 5 heteroatoms. The second-order valence-electron chi connectivity index (χ2n) is 4.89. The van der Waals surface area contributed by atoms with E-state index in [2.05, 4.69) is 32.3 Å². The van der Waals surface area contributed by atoms with Crippen molar-refractivity contribution in [1.29, 1.82) is 0 Å². The van der Waals surface area contributed by atoms with Crippen LogP contribution in [0, 0.1) is 0 Å². The van der Waals surface area contributed by atoms with Crippen LogP contribution in [0.3, 0.4) is 0 Å². The SMILES string of the molecule is CNC(Cc1ccc(Br)cn1)C1(OC)CCOCC1. The average molecular weight is 329 g/mol. The summed E-state index contributed by atoms with van der Waals surface area (Å²) in [6.45, 7) is 1.53. The minimum atomic E-state index is -0.151. The van der Waals surface area contributed by atoms with Crippen LogP contribution in [0.25, 0.3) is 0 Å². The number of methoxy groups -OCH3 is 1. The molecule has 1 aromatic heterocycles. The molecule has 1 aliphatic rings. The molecule has 0 aromatic carbocycles. The summed E-state index contributed by atoms with van der Waals surface area (Å²) in [7, 11) is 3.78. The van der Waals surface area contributed by atoms with Gasteiger partial charge in [0.05, 0.1) is 5.60 Å². The fraction of sp³-hybridized carbons (Fsp3) is 0.643. The molecular formula is C14H21BrN2O2. The first-order valence-electron chi connectivity index (χ1n) is 6.61. The van der Waals surface area contributed by atoms with Gasteiger partial charge in [-0.1, -0.05) is 0 Å². The Kier molecular flexibility index (Phi) is 5.33. The Bertz CT molecular complexity index is 391. The van der Waals surface area contributed by atoms with Crippen LogP contribution < -0.4 is 5.32 Å². The molecule has 2 rings (SSSR count). The van der Waals surface area contributed by atoms with E-state index < -0.39 is 0 Å². The minimum Gasteiger partial charge on any atom is -0.381 e. The fourth-order valence-electron chi connectivity index (χ4n) is 2.70. The first-order chi connectivity index (χ1) is 9.20. The number of hydrogen-bond donors (Lipinski definition) is 1. The summed E-state index contributed by atoms with van der Waals surface area (Å²) < 4.78 is 12.3. The lowest BCUT2D eigenvalue weighted by molar-refractivity contribution is -0.109. The molecular weight excluding hydrogens is 308 g/mol. The van der Waals surface area contributed by atoms with Crippen molar-refractivity contribution in [2.75, 3.05) is 27.4 Å². The Hall–Kier alpha value is -0.490. The molecule has 1 aromatic rings. The molecule has 0 saturated carbocycles. The van der Waals surface area contributed by atoms with Crippen LogP contribution in [0.15, 0.2) is 22.8 Å². The third kappa shape index (κ3) is 3.54. The summed E-state index contributed by atoms with van der Waals surface area (Å²) in [6.07, 6.45) is 4.54. The summed E-state index contributed by atoms with van der Waals surface area (Å²) in [5, 5.41) is 3.39. The van der Waals surface area contributed by atoms with E-state index in [1.807, 2.05) is 19.3 Å². The van der Waals surface area contributed by atoms with E-state index >= 15 is 0 Å². The van der Waals surface area contributed by atoms with Gasteiger partial charge in [0.15, 0.2) is 0 Å². The zero-order chi connectivity index (χ0) is 13.7. The third-order valence-electron chi connectivity index (χ3n) is 3.93.